The van der Waals surface area contributed by atoms with Crippen molar-refractivity contribution in [2.45, 2.75) is 52.0 Å². The maximum atomic E-state index is 13.4. The minimum Gasteiger partial charge on any atom is -0.465 e. The average Bonchev–Trinajstić information content (AvgIpc) is 3.79. The molecule has 0 aliphatic rings. The number of nitrogens with zero attached hydrogens (tertiary/aromatic N) is 7. The number of esters is 1. The number of ether oxygens (including phenoxy) is 4. The number of unbranched alkanes of at least 4 members (excludes halogenated alkanes) is 1. The molecule has 5 aromatic rings. The molecule has 2 unspecified atom stereocenters. The molecule has 0 aliphatic heterocycles. The molecule has 0 aliphatic carbocycles. The Kier molecular flexibility index (Phi) is 12.6. The van der Waals surface area contributed by atoms with E-state index < -0.39 is 41.3 Å². The van der Waals surface area contributed by atoms with E-state index in [2.05, 4.69) is 35.3 Å². The first-order chi connectivity index (χ1) is 25.6. The molecule has 0 bridgehead atoms. The quantitative estimate of drug-likeness (QED) is 0.0388. The SMILES string of the molecule is CCOc1nc2cccc(C(=O)OC(C)OC(=O)OCCCCC(CO[N+](=O)[O-])O[N+](=O)[O-])c2n1Cc1ccc(-c2ccccc2-c2nn[nH]n2)cc1. The van der Waals surface area contributed by atoms with Gasteiger partial charge in [0.1, 0.15) is 12.7 Å². The number of hydrogen-bond acceptors (Lipinski definition) is 16. The molecule has 2 heterocycles. The van der Waals surface area contributed by atoms with Gasteiger partial charge in [0.2, 0.25) is 12.1 Å². The van der Waals surface area contributed by atoms with Crippen LogP contribution in [0, 0.1) is 20.2 Å². The number of carbonyl (C=O) groups excluding carboxylic acids is 2. The number of aromatic nitrogens is 6. The molecule has 0 spiro atoms. The van der Waals surface area contributed by atoms with Gasteiger partial charge in [0.05, 0.1) is 36.4 Å². The smallest absolute Gasteiger partial charge is 0.465 e. The van der Waals surface area contributed by atoms with E-state index in [4.69, 9.17) is 18.9 Å². The molecular weight excluding hydrogens is 700 g/mol. The molecule has 20 heteroatoms. The molecule has 0 saturated carbocycles. The van der Waals surface area contributed by atoms with Gasteiger partial charge in [-0.25, -0.2) is 9.59 Å². The van der Waals surface area contributed by atoms with Crippen LogP contribution in [-0.4, -0.2) is 84.7 Å². The van der Waals surface area contributed by atoms with Crippen molar-refractivity contribution in [1.82, 2.24) is 30.2 Å². The van der Waals surface area contributed by atoms with Crippen LogP contribution < -0.4 is 4.74 Å². The van der Waals surface area contributed by atoms with Gasteiger partial charge >= 0.3 is 12.1 Å². The van der Waals surface area contributed by atoms with Crippen molar-refractivity contribution in [2.75, 3.05) is 19.8 Å². The van der Waals surface area contributed by atoms with Crippen LogP contribution in [0.3, 0.4) is 0 Å². The summed E-state index contributed by atoms with van der Waals surface area (Å²) in [6.45, 7) is 3.01. The van der Waals surface area contributed by atoms with E-state index in [0.717, 1.165) is 22.3 Å². The minimum atomic E-state index is -1.34. The number of fused-ring (bicyclic) bond motifs is 1. The van der Waals surface area contributed by atoms with E-state index in [-0.39, 0.29) is 31.4 Å². The van der Waals surface area contributed by atoms with Crippen molar-refractivity contribution in [2.24, 2.45) is 0 Å². The number of aromatic amines is 1. The molecule has 20 nitrogen and oxygen atoms in total. The molecule has 0 amide bonds. The molecular formula is C33H34N8O12. The second-order valence-corrected chi connectivity index (χ2v) is 11.2. The summed E-state index contributed by atoms with van der Waals surface area (Å²) < 4.78 is 23.1. The van der Waals surface area contributed by atoms with Crippen LogP contribution >= 0.6 is 0 Å². The number of imidazole rings is 1. The Morgan fingerprint density at radius 2 is 1.72 bits per heavy atom. The zero-order valence-corrected chi connectivity index (χ0v) is 28.5. The highest BCUT2D eigenvalue weighted by Crippen LogP contribution is 2.31. The third kappa shape index (κ3) is 10.1. The van der Waals surface area contributed by atoms with Crippen molar-refractivity contribution >= 4 is 23.2 Å². The Hall–Kier alpha value is -6.86. The predicted octanol–water partition coefficient (Wildman–Crippen LogP) is 4.94. The maximum absolute atomic E-state index is 13.4. The number of H-pyrrole nitrogens is 1. The second-order valence-electron chi connectivity index (χ2n) is 11.2. The fraction of sp³-hybridized carbons (Fsp3) is 0.333. The zero-order valence-electron chi connectivity index (χ0n) is 28.5. The normalized spacial score (nSPS) is 12.0. The summed E-state index contributed by atoms with van der Waals surface area (Å²) >= 11 is 0. The Bertz CT molecular complexity index is 2020. The number of benzene rings is 3. The van der Waals surface area contributed by atoms with E-state index in [0.29, 0.717) is 36.0 Å². The third-order valence-corrected chi connectivity index (χ3v) is 7.62. The molecule has 0 radical (unpaired) electrons. The van der Waals surface area contributed by atoms with E-state index in [1.807, 2.05) is 55.5 Å². The number of hydrogen-bond donors (Lipinski definition) is 1. The average molecular weight is 735 g/mol. The van der Waals surface area contributed by atoms with Crippen LogP contribution in [0.2, 0.25) is 0 Å². The van der Waals surface area contributed by atoms with Crippen molar-refractivity contribution in [1.29, 1.82) is 0 Å². The zero-order chi connectivity index (χ0) is 37.7. The highest BCUT2D eigenvalue weighted by Gasteiger charge is 2.24. The van der Waals surface area contributed by atoms with Crippen LogP contribution in [0.4, 0.5) is 4.79 Å². The molecule has 0 fully saturated rings. The number of para-hydroxylation sites is 1. The fourth-order valence-electron chi connectivity index (χ4n) is 5.36. The fourth-order valence-corrected chi connectivity index (χ4v) is 5.36. The predicted molar refractivity (Wildman–Crippen MR) is 181 cm³/mol. The lowest BCUT2D eigenvalue weighted by molar-refractivity contribution is -0.790. The van der Waals surface area contributed by atoms with Crippen LogP contribution in [0.5, 0.6) is 6.01 Å². The largest absolute Gasteiger partial charge is 0.511 e. The van der Waals surface area contributed by atoms with Crippen molar-refractivity contribution in [3.63, 3.8) is 0 Å². The first kappa shape index (κ1) is 37.4. The molecule has 278 valence electrons. The molecule has 0 saturated heterocycles. The van der Waals surface area contributed by atoms with Gasteiger partial charge in [0.25, 0.3) is 16.2 Å². The van der Waals surface area contributed by atoms with Gasteiger partial charge < -0.3 is 28.6 Å². The lowest BCUT2D eigenvalue weighted by Gasteiger charge is -2.16. The minimum absolute atomic E-state index is 0.0246. The van der Waals surface area contributed by atoms with E-state index in [1.165, 1.54) is 6.92 Å². The van der Waals surface area contributed by atoms with E-state index in [1.54, 1.807) is 22.8 Å². The summed E-state index contributed by atoms with van der Waals surface area (Å²) in [6.07, 6.45) is -3.14. The number of rotatable bonds is 19. The first-order valence-corrected chi connectivity index (χ1v) is 16.3. The van der Waals surface area contributed by atoms with Crippen molar-refractivity contribution in [3.8, 4) is 28.5 Å². The lowest BCUT2D eigenvalue weighted by Crippen LogP contribution is -2.25. The van der Waals surface area contributed by atoms with Crippen LogP contribution in [0.25, 0.3) is 33.5 Å². The summed E-state index contributed by atoms with van der Waals surface area (Å²) in [4.78, 5) is 59.7. The Morgan fingerprint density at radius 3 is 2.42 bits per heavy atom. The Labute approximate surface area is 300 Å². The summed E-state index contributed by atoms with van der Waals surface area (Å²) in [7, 11) is 0. The molecule has 2 aromatic heterocycles. The van der Waals surface area contributed by atoms with Crippen LogP contribution in [0.15, 0.2) is 66.7 Å². The molecule has 1 N–H and O–H groups in total. The highest BCUT2D eigenvalue weighted by atomic mass is 17.0. The van der Waals surface area contributed by atoms with Crippen molar-refractivity contribution in [3.05, 3.63) is 98.1 Å². The number of tetrazole rings is 1. The maximum Gasteiger partial charge on any atom is 0.511 e. The standard InChI is InChI=1S/C33H34N8O12/c1-3-48-32-34-28-13-8-12-27(31(42)51-21(2)52-33(43)49-18-7-6-9-24(53-41(46)47)20-50-40(44)45)29(28)39(32)19-22-14-16-23(17-15-22)25-10-4-5-11-26(25)30-35-37-38-36-30/h4-5,8,10-17,21,24H,3,6-7,9,18-20H2,1-2H3,(H,35,36,37,38). The highest BCUT2D eigenvalue weighted by molar-refractivity contribution is 6.02. The summed E-state index contributed by atoms with van der Waals surface area (Å²) in [5, 5.41) is 33.2. The van der Waals surface area contributed by atoms with Crippen molar-refractivity contribution < 1.29 is 48.4 Å². The second kappa shape index (κ2) is 17.9. The Morgan fingerprint density at radius 1 is 0.943 bits per heavy atom. The lowest BCUT2D eigenvalue weighted by atomic mass is 9.98. The molecule has 3 aromatic carbocycles. The summed E-state index contributed by atoms with van der Waals surface area (Å²) in [6, 6.07) is 20.8. The molecule has 2 atom stereocenters. The van der Waals surface area contributed by atoms with Gasteiger partial charge in [0, 0.05) is 12.5 Å². The van der Waals surface area contributed by atoms with Gasteiger partial charge in [-0.3, -0.25) is 4.57 Å². The monoisotopic (exact) mass is 734 g/mol. The third-order valence-electron chi connectivity index (χ3n) is 7.62. The molecule has 5 rings (SSSR count). The van der Waals surface area contributed by atoms with Crippen LogP contribution in [-0.2, 0) is 30.4 Å². The van der Waals surface area contributed by atoms with Gasteiger partial charge in [-0.05, 0) is 60.2 Å². The first-order valence-electron chi connectivity index (χ1n) is 16.3. The number of nitrogens with one attached hydrogen (secondary N) is 1. The topological polar surface area (TPSA) is 248 Å². The van der Waals surface area contributed by atoms with Gasteiger partial charge in [-0.1, -0.05) is 54.6 Å². The van der Waals surface area contributed by atoms with Gasteiger partial charge in [0.15, 0.2) is 0 Å². The summed E-state index contributed by atoms with van der Waals surface area (Å²) in [5.41, 5.74) is 4.65. The van der Waals surface area contributed by atoms with Crippen LogP contribution in [0.1, 0.15) is 49.0 Å². The molecule has 53 heavy (non-hydrogen) atoms. The van der Waals surface area contributed by atoms with E-state index >= 15 is 0 Å². The Balaban J connectivity index is 1.21. The van der Waals surface area contributed by atoms with Gasteiger partial charge in [-0.2, -0.15) is 10.2 Å². The summed E-state index contributed by atoms with van der Waals surface area (Å²) in [5.74, 6) is -0.316. The van der Waals surface area contributed by atoms with E-state index in [9.17, 15) is 29.8 Å². The number of carbonyl (C=O) groups is 2. The van der Waals surface area contributed by atoms with Gasteiger partial charge in [-0.15, -0.1) is 30.4 Å².